The molecule has 0 saturated heterocycles. The fraction of sp³-hybridized carbons (Fsp3) is 0.250. The summed E-state index contributed by atoms with van der Waals surface area (Å²) in [5.74, 6) is -0.510. The fourth-order valence-corrected chi connectivity index (χ4v) is 2.50. The summed E-state index contributed by atoms with van der Waals surface area (Å²) in [6, 6.07) is 7.19. The van der Waals surface area contributed by atoms with Crippen LogP contribution in [-0.2, 0) is 6.54 Å². The fourth-order valence-electron chi connectivity index (χ4n) is 2.50. The van der Waals surface area contributed by atoms with Crippen molar-refractivity contribution < 1.29 is 14.6 Å². The monoisotopic (exact) mass is 284 g/mol. The van der Waals surface area contributed by atoms with E-state index < -0.39 is 5.97 Å². The number of benzene rings is 1. The number of carboxylic acid groups (broad SMARTS) is 1. The molecule has 0 atom stereocenters. The van der Waals surface area contributed by atoms with Crippen LogP contribution in [0.3, 0.4) is 0 Å². The highest BCUT2D eigenvalue weighted by molar-refractivity contribution is 5.93. The highest BCUT2D eigenvalue weighted by Gasteiger charge is 2.23. The molecule has 0 unspecified atom stereocenters. The molecule has 1 aliphatic heterocycles. The number of hydrogen-bond acceptors (Lipinski definition) is 4. The minimum atomic E-state index is -0.966. The quantitative estimate of drug-likeness (QED) is 0.938. The molecule has 2 heterocycles. The van der Waals surface area contributed by atoms with Gasteiger partial charge in [0, 0.05) is 18.9 Å². The Morgan fingerprint density at radius 3 is 3.05 bits per heavy atom. The van der Waals surface area contributed by atoms with Crippen LogP contribution in [0.1, 0.15) is 21.5 Å². The van der Waals surface area contributed by atoms with Crippen LogP contribution in [0.5, 0.6) is 5.75 Å². The van der Waals surface area contributed by atoms with Gasteiger partial charge in [0.2, 0.25) is 0 Å². The zero-order valence-electron chi connectivity index (χ0n) is 11.7. The molecule has 21 heavy (non-hydrogen) atoms. The number of rotatable bonds is 3. The second-order valence-electron chi connectivity index (χ2n) is 5.03. The van der Waals surface area contributed by atoms with Crippen molar-refractivity contribution in [2.24, 2.45) is 0 Å². The maximum Gasteiger partial charge on any atom is 0.339 e. The average Bonchev–Trinajstić information content (AvgIpc) is 2.49. The summed E-state index contributed by atoms with van der Waals surface area (Å²) in [7, 11) is 0. The summed E-state index contributed by atoms with van der Waals surface area (Å²) in [6.07, 6.45) is 3.63. The minimum absolute atomic E-state index is 0.208. The van der Waals surface area contributed by atoms with Crippen molar-refractivity contribution in [1.29, 1.82) is 0 Å². The summed E-state index contributed by atoms with van der Waals surface area (Å²) in [5.41, 5.74) is 3.34. The number of aromatic carboxylic acids is 1. The molecule has 1 N–H and O–H groups in total. The number of aryl methyl sites for hydroxylation is 1. The van der Waals surface area contributed by atoms with Gasteiger partial charge in [-0.05, 0) is 36.2 Å². The molecular weight excluding hydrogens is 268 g/mol. The Morgan fingerprint density at radius 1 is 1.43 bits per heavy atom. The molecule has 1 aromatic heterocycles. The van der Waals surface area contributed by atoms with Gasteiger partial charge in [0.25, 0.3) is 0 Å². The molecule has 0 amide bonds. The third-order valence-corrected chi connectivity index (χ3v) is 3.68. The molecule has 0 aliphatic carbocycles. The first-order chi connectivity index (χ1) is 10.2. The summed E-state index contributed by atoms with van der Waals surface area (Å²) >= 11 is 0. The number of pyridine rings is 1. The van der Waals surface area contributed by atoms with Crippen LogP contribution in [0.4, 0.5) is 5.69 Å². The van der Waals surface area contributed by atoms with Crippen LogP contribution >= 0.6 is 0 Å². The van der Waals surface area contributed by atoms with Crippen molar-refractivity contribution >= 4 is 11.7 Å². The van der Waals surface area contributed by atoms with E-state index in [1.165, 1.54) is 5.56 Å². The molecule has 0 saturated carbocycles. The van der Waals surface area contributed by atoms with E-state index in [9.17, 15) is 9.90 Å². The molecule has 108 valence electrons. The first kappa shape index (κ1) is 13.4. The van der Waals surface area contributed by atoms with E-state index >= 15 is 0 Å². The number of hydrogen-bond donors (Lipinski definition) is 1. The van der Waals surface area contributed by atoms with Crippen molar-refractivity contribution in [2.75, 3.05) is 18.1 Å². The zero-order valence-corrected chi connectivity index (χ0v) is 11.7. The number of carboxylic acids is 1. The van der Waals surface area contributed by atoms with Crippen molar-refractivity contribution in [3.8, 4) is 5.75 Å². The molecule has 5 nitrogen and oxygen atoms in total. The van der Waals surface area contributed by atoms with E-state index in [0.29, 0.717) is 18.9 Å². The van der Waals surface area contributed by atoms with E-state index in [1.807, 2.05) is 25.3 Å². The Balaban J connectivity index is 1.96. The Morgan fingerprint density at radius 2 is 2.29 bits per heavy atom. The molecule has 5 heteroatoms. The summed E-state index contributed by atoms with van der Waals surface area (Å²) in [5, 5.41) is 9.25. The van der Waals surface area contributed by atoms with Gasteiger partial charge in [0.1, 0.15) is 12.2 Å². The Kier molecular flexibility index (Phi) is 3.48. The van der Waals surface area contributed by atoms with Crippen LogP contribution in [-0.4, -0.2) is 29.2 Å². The van der Waals surface area contributed by atoms with Gasteiger partial charge in [0.05, 0.1) is 12.2 Å². The van der Waals surface area contributed by atoms with Crippen molar-refractivity contribution in [1.82, 2.24) is 4.98 Å². The number of carbonyl (C=O) groups is 1. The molecule has 0 fully saturated rings. The molecule has 1 aromatic carbocycles. The number of anilines is 1. The van der Waals surface area contributed by atoms with E-state index in [4.69, 9.17) is 4.74 Å². The number of aromatic nitrogens is 1. The first-order valence-corrected chi connectivity index (χ1v) is 6.80. The van der Waals surface area contributed by atoms with E-state index in [0.717, 1.165) is 17.8 Å². The van der Waals surface area contributed by atoms with Gasteiger partial charge < -0.3 is 14.7 Å². The number of nitrogens with zero attached hydrogens (tertiary/aromatic N) is 2. The normalized spacial score (nSPS) is 13.5. The summed E-state index contributed by atoms with van der Waals surface area (Å²) in [6.45, 7) is 3.95. The van der Waals surface area contributed by atoms with Gasteiger partial charge in [0.15, 0.2) is 5.75 Å². The Bertz CT molecular complexity index is 685. The molecule has 1 aliphatic rings. The summed E-state index contributed by atoms with van der Waals surface area (Å²) in [4.78, 5) is 17.6. The topological polar surface area (TPSA) is 62.7 Å². The van der Waals surface area contributed by atoms with Crippen LogP contribution in [0.25, 0.3) is 0 Å². The predicted octanol–water partition coefficient (Wildman–Crippen LogP) is 2.49. The van der Waals surface area contributed by atoms with Gasteiger partial charge in [-0.3, -0.25) is 4.98 Å². The van der Waals surface area contributed by atoms with Gasteiger partial charge >= 0.3 is 5.97 Å². The lowest BCUT2D eigenvalue weighted by atomic mass is 10.1. The number of ether oxygens (including phenoxy) is 1. The van der Waals surface area contributed by atoms with Crippen molar-refractivity contribution in [3.63, 3.8) is 0 Å². The van der Waals surface area contributed by atoms with Gasteiger partial charge in [-0.2, -0.15) is 0 Å². The first-order valence-electron chi connectivity index (χ1n) is 6.80. The molecule has 0 spiro atoms. The highest BCUT2D eigenvalue weighted by Crippen LogP contribution is 2.35. The Labute approximate surface area is 122 Å². The third-order valence-electron chi connectivity index (χ3n) is 3.68. The minimum Gasteiger partial charge on any atom is -0.489 e. The van der Waals surface area contributed by atoms with Gasteiger partial charge in [-0.15, -0.1) is 0 Å². The standard InChI is InChI=1S/C16H16N2O3/c1-11-5-6-17-9-12(11)10-18-7-8-21-15-13(16(19)20)3-2-4-14(15)18/h2-6,9H,7-8,10H2,1H3,(H,19,20). The SMILES string of the molecule is Cc1ccncc1CN1CCOc2c(C(=O)O)cccc21. The lowest BCUT2D eigenvalue weighted by molar-refractivity contribution is 0.0692. The van der Waals surface area contributed by atoms with Crippen LogP contribution in [0.15, 0.2) is 36.7 Å². The van der Waals surface area contributed by atoms with Crippen LogP contribution in [0.2, 0.25) is 0 Å². The van der Waals surface area contributed by atoms with E-state index in [-0.39, 0.29) is 5.56 Å². The lowest BCUT2D eigenvalue weighted by Gasteiger charge is -2.32. The van der Waals surface area contributed by atoms with E-state index in [2.05, 4.69) is 9.88 Å². The second kappa shape index (κ2) is 5.44. The lowest BCUT2D eigenvalue weighted by Crippen LogP contribution is -2.33. The van der Waals surface area contributed by atoms with Gasteiger partial charge in [-0.25, -0.2) is 4.79 Å². The zero-order chi connectivity index (χ0) is 14.8. The molecule has 0 radical (unpaired) electrons. The highest BCUT2D eigenvalue weighted by atomic mass is 16.5. The maximum atomic E-state index is 11.3. The third kappa shape index (κ3) is 2.54. The van der Waals surface area contributed by atoms with Crippen molar-refractivity contribution in [2.45, 2.75) is 13.5 Å². The molecular formula is C16H16N2O3. The largest absolute Gasteiger partial charge is 0.489 e. The van der Waals surface area contributed by atoms with Crippen LogP contribution in [0, 0.1) is 6.92 Å². The number of para-hydroxylation sites is 1. The van der Waals surface area contributed by atoms with E-state index in [1.54, 1.807) is 18.3 Å². The smallest absolute Gasteiger partial charge is 0.339 e. The summed E-state index contributed by atoms with van der Waals surface area (Å²) < 4.78 is 5.58. The van der Waals surface area contributed by atoms with Crippen LogP contribution < -0.4 is 9.64 Å². The molecule has 2 aromatic rings. The van der Waals surface area contributed by atoms with Gasteiger partial charge in [-0.1, -0.05) is 6.07 Å². The Hall–Kier alpha value is -2.56. The molecule has 0 bridgehead atoms. The molecule has 3 rings (SSSR count). The average molecular weight is 284 g/mol. The predicted molar refractivity (Wildman–Crippen MR) is 78.9 cm³/mol. The van der Waals surface area contributed by atoms with Crippen molar-refractivity contribution in [3.05, 3.63) is 53.3 Å². The maximum absolute atomic E-state index is 11.3. The second-order valence-corrected chi connectivity index (χ2v) is 5.03. The number of fused-ring (bicyclic) bond motifs is 1.